The number of hydrogen-bond donors (Lipinski definition) is 2. The SMILES string of the molecule is CCOCCNC(C)C(=O)NCC(F)(F)F. The van der Waals surface area contributed by atoms with Crippen LogP contribution in [0, 0.1) is 0 Å². The number of carbonyl (C=O) groups is 1. The number of rotatable bonds is 7. The van der Waals surface area contributed by atoms with Crippen LogP contribution in [-0.4, -0.2) is 44.4 Å². The largest absolute Gasteiger partial charge is 0.405 e. The molecular formula is C9H17F3N2O2. The van der Waals surface area contributed by atoms with E-state index in [0.29, 0.717) is 19.8 Å². The summed E-state index contributed by atoms with van der Waals surface area (Å²) in [5.74, 6) is -0.672. The second kappa shape index (κ2) is 7.45. The van der Waals surface area contributed by atoms with Crippen LogP contribution >= 0.6 is 0 Å². The first-order valence-electron chi connectivity index (χ1n) is 5.02. The summed E-state index contributed by atoms with van der Waals surface area (Å²) in [5.41, 5.74) is 0. The fourth-order valence-corrected chi connectivity index (χ4v) is 0.925. The van der Waals surface area contributed by atoms with Crippen molar-refractivity contribution in [1.82, 2.24) is 10.6 Å². The molecule has 0 bridgehead atoms. The monoisotopic (exact) mass is 242 g/mol. The molecule has 0 rings (SSSR count). The van der Waals surface area contributed by atoms with Gasteiger partial charge in [-0.1, -0.05) is 0 Å². The topological polar surface area (TPSA) is 50.4 Å². The van der Waals surface area contributed by atoms with Gasteiger partial charge in [-0.05, 0) is 13.8 Å². The van der Waals surface area contributed by atoms with E-state index in [1.165, 1.54) is 6.92 Å². The molecule has 1 atom stereocenters. The molecule has 1 unspecified atom stereocenters. The lowest BCUT2D eigenvalue weighted by Gasteiger charge is -2.14. The second-order valence-electron chi connectivity index (χ2n) is 3.21. The lowest BCUT2D eigenvalue weighted by atomic mass is 10.3. The van der Waals surface area contributed by atoms with Gasteiger partial charge in [0.05, 0.1) is 12.6 Å². The van der Waals surface area contributed by atoms with Gasteiger partial charge in [0, 0.05) is 13.2 Å². The standard InChI is InChI=1S/C9H17F3N2O2/c1-3-16-5-4-13-7(2)8(15)14-6-9(10,11)12/h7,13H,3-6H2,1-2H3,(H,14,15). The molecule has 0 saturated heterocycles. The lowest BCUT2D eigenvalue weighted by molar-refractivity contribution is -0.139. The number of nitrogens with one attached hydrogen (secondary N) is 2. The smallest absolute Gasteiger partial charge is 0.380 e. The quantitative estimate of drug-likeness (QED) is 0.645. The maximum atomic E-state index is 11.8. The van der Waals surface area contributed by atoms with Crippen LogP contribution in [0.4, 0.5) is 13.2 Å². The molecule has 1 amide bonds. The third-order valence-corrected chi connectivity index (χ3v) is 1.76. The minimum absolute atomic E-state index is 0.424. The number of alkyl halides is 3. The van der Waals surface area contributed by atoms with E-state index in [1.807, 2.05) is 6.92 Å². The van der Waals surface area contributed by atoms with Crippen LogP contribution in [0.1, 0.15) is 13.8 Å². The number of amides is 1. The molecule has 0 radical (unpaired) electrons. The summed E-state index contributed by atoms with van der Waals surface area (Å²) >= 11 is 0. The Labute approximate surface area is 92.5 Å². The Morgan fingerprint density at radius 1 is 1.44 bits per heavy atom. The zero-order valence-corrected chi connectivity index (χ0v) is 9.36. The van der Waals surface area contributed by atoms with Crippen molar-refractivity contribution in [3.63, 3.8) is 0 Å². The van der Waals surface area contributed by atoms with Crippen LogP contribution in [0.2, 0.25) is 0 Å². The molecule has 7 heteroatoms. The van der Waals surface area contributed by atoms with Crippen LogP contribution in [-0.2, 0) is 9.53 Å². The zero-order chi connectivity index (χ0) is 12.6. The summed E-state index contributed by atoms with van der Waals surface area (Å²) in [6.45, 7) is 3.44. The Kier molecular flexibility index (Phi) is 7.07. The van der Waals surface area contributed by atoms with Gasteiger partial charge >= 0.3 is 6.18 Å². The minimum Gasteiger partial charge on any atom is -0.380 e. The number of halogens is 3. The summed E-state index contributed by atoms with van der Waals surface area (Å²) in [4.78, 5) is 11.1. The molecule has 0 aliphatic heterocycles. The zero-order valence-electron chi connectivity index (χ0n) is 9.36. The number of hydrogen-bond acceptors (Lipinski definition) is 3. The van der Waals surface area contributed by atoms with E-state index < -0.39 is 24.7 Å². The van der Waals surface area contributed by atoms with Crippen molar-refractivity contribution in [2.75, 3.05) is 26.3 Å². The normalized spacial score (nSPS) is 13.6. The van der Waals surface area contributed by atoms with E-state index in [9.17, 15) is 18.0 Å². The summed E-state index contributed by atoms with van der Waals surface area (Å²) < 4.78 is 40.3. The predicted octanol–water partition coefficient (Wildman–Crippen LogP) is 0.679. The molecule has 0 aliphatic carbocycles. The Morgan fingerprint density at radius 2 is 2.06 bits per heavy atom. The number of ether oxygens (including phenoxy) is 1. The summed E-state index contributed by atoms with van der Waals surface area (Å²) in [7, 11) is 0. The van der Waals surface area contributed by atoms with Crippen LogP contribution in [0.25, 0.3) is 0 Å². The van der Waals surface area contributed by atoms with Gasteiger partial charge in [0.2, 0.25) is 5.91 Å². The van der Waals surface area contributed by atoms with Gasteiger partial charge in [0.1, 0.15) is 6.54 Å². The molecule has 0 fully saturated rings. The number of carbonyl (C=O) groups excluding carboxylic acids is 1. The van der Waals surface area contributed by atoms with Crippen LogP contribution in [0.5, 0.6) is 0 Å². The Hall–Kier alpha value is -0.820. The van der Waals surface area contributed by atoms with Gasteiger partial charge in [-0.15, -0.1) is 0 Å². The molecule has 0 aromatic carbocycles. The maximum absolute atomic E-state index is 11.8. The molecule has 2 N–H and O–H groups in total. The highest BCUT2D eigenvalue weighted by Gasteiger charge is 2.28. The summed E-state index contributed by atoms with van der Waals surface area (Å²) in [6, 6.07) is -0.664. The minimum atomic E-state index is -4.37. The van der Waals surface area contributed by atoms with E-state index in [1.54, 1.807) is 5.32 Å². The summed E-state index contributed by atoms with van der Waals surface area (Å²) in [5, 5.41) is 4.55. The Balaban J connectivity index is 3.65. The van der Waals surface area contributed by atoms with Gasteiger partial charge in [0.25, 0.3) is 0 Å². The van der Waals surface area contributed by atoms with Crippen molar-refractivity contribution in [2.45, 2.75) is 26.1 Å². The van der Waals surface area contributed by atoms with Gasteiger partial charge in [-0.3, -0.25) is 4.79 Å². The van der Waals surface area contributed by atoms with Crippen LogP contribution in [0.3, 0.4) is 0 Å². The van der Waals surface area contributed by atoms with Crippen molar-refractivity contribution < 1.29 is 22.7 Å². The van der Waals surface area contributed by atoms with Crippen molar-refractivity contribution in [2.24, 2.45) is 0 Å². The fourth-order valence-electron chi connectivity index (χ4n) is 0.925. The maximum Gasteiger partial charge on any atom is 0.405 e. The van der Waals surface area contributed by atoms with Crippen LogP contribution in [0.15, 0.2) is 0 Å². The predicted molar refractivity (Wildman–Crippen MR) is 53.0 cm³/mol. The van der Waals surface area contributed by atoms with E-state index in [0.717, 1.165) is 0 Å². The van der Waals surface area contributed by atoms with Crippen LogP contribution < -0.4 is 10.6 Å². The average Bonchev–Trinajstić information content (AvgIpc) is 2.19. The Bertz CT molecular complexity index is 209. The molecule has 0 spiro atoms. The fraction of sp³-hybridized carbons (Fsp3) is 0.889. The molecular weight excluding hydrogens is 225 g/mol. The molecule has 0 aliphatic rings. The van der Waals surface area contributed by atoms with E-state index in [2.05, 4.69) is 5.32 Å². The van der Waals surface area contributed by atoms with Crippen molar-refractivity contribution in [1.29, 1.82) is 0 Å². The molecule has 96 valence electrons. The van der Waals surface area contributed by atoms with Gasteiger partial charge in [-0.25, -0.2) is 0 Å². The molecule has 16 heavy (non-hydrogen) atoms. The first-order valence-corrected chi connectivity index (χ1v) is 5.02. The van der Waals surface area contributed by atoms with Gasteiger partial charge in [0.15, 0.2) is 0 Å². The van der Waals surface area contributed by atoms with E-state index >= 15 is 0 Å². The van der Waals surface area contributed by atoms with Crippen molar-refractivity contribution in [3.8, 4) is 0 Å². The molecule has 0 aromatic heterocycles. The third kappa shape index (κ3) is 8.49. The van der Waals surface area contributed by atoms with Gasteiger partial charge < -0.3 is 15.4 Å². The average molecular weight is 242 g/mol. The highest BCUT2D eigenvalue weighted by atomic mass is 19.4. The summed E-state index contributed by atoms with van der Waals surface area (Å²) in [6.07, 6.45) is -4.37. The second-order valence-corrected chi connectivity index (χ2v) is 3.21. The Morgan fingerprint density at radius 3 is 2.56 bits per heavy atom. The highest BCUT2D eigenvalue weighted by molar-refractivity contribution is 5.81. The third-order valence-electron chi connectivity index (χ3n) is 1.76. The first kappa shape index (κ1) is 15.2. The van der Waals surface area contributed by atoms with E-state index in [4.69, 9.17) is 4.74 Å². The molecule has 0 saturated carbocycles. The van der Waals surface area contributed by atoms with Crippen molar-refractivity contribution in [3.05, 3.63) is 0 Å². The molecule has 0 heterocycles. The first-order chi connectivity index (χ1) is 7.37. The molecule has 0 aromatic rings. The van der Waals surface area contributed by atoms with Crippen molar-refractivity contribution >= 4 is 5.91 Å². The highest BCUT2D eigenvalue weighted by Crippen LogP contribution is 2.12. The lowest BCUT2D eigenvalue weighted by Crippen LogP contribution is -2.46. The molecule has 4 nitrogen and oxygen atoms in total. The van der Waals surface area contributed by atoms with Gasteiger partial charge in [-0.2, -0.15) is 13.2 Å². The van der Waals surface area contributed by atoms with E-state index in [-0.39, 0.29) is 0 Å².